The van der Waals surface area contributed by atoms with Gasteiger partial charge in [0, 0.05) is 0 Å². The van der Waals surface area contributed by atoms with Crippen molar-refractivity contribution in [2.45, 2.75) is 0 Å². The molecule has 0 bridgehead atoms. The van der Waals surface area contributed by atoms with Gasteiger partial charge in [-0.25, -0.2) is 0 Å². The van der Waals surface area contributed by atoms with Crippen LogP contribution in [0.1, 0.15) is 1.43 Å². The van der Waals surface area contributed by atoms with Gasteiger partial charge in [0.05, 0.1) is 0 Å². The third kappa shape index (κ3) is 3.03. The monoisotopic (exact) mass is 454 g/mol. The van der Waals surface area contributed by atoms with Crippen molar-refractivity contribution in [2.75, 3.05) is 0 Å². The zero-order valence-electron chi connectivity index (χ0n) is 15.8. The Balaban J connectivity index is 0.00000140. The van der Waals surface area contributed by atoms with Gasteiger partial charge in [0.25, 0.3) is 0 Å². The zero-order chi connectivity index (χ0) is 17.9. The summed E-state index contributed by atoms with van der Waals surface area (Å²) >= 11 is -4.08. The fourth-order valence-electron chi connectivity index (χ4n) is 3.73. The second-order valence-corrected chi connectivity index (χ2v) is 18.4. The van der Waals surface area contributed by atoms with Crippen LogP contribution >= 0.6 is 9.95 Å². The van der Waals surface area contributed by atoms with Crippen molar-refractivity contribution in [1.29, 1.82) is 0 Å². The van der Waals surface area contributed by atoms with Crippen molar-refractivity contribution in [3.8, 4) is 0 Å². The largest absolute Gasteiger partial charge is 1.00 e. The normalized spacial score (nSPS) is 12.4. The predicted molar refractivity (Wildman–Crippen MR) is 117 cm³/mol. The molecule has 4 rings (SSSR count). The van der Waals surface area contributed by atoms with Crippen LogP contribution in [-0.4, -0.2) is 11.5 Å². The Bertz CT molecular complexity index is 824. The molecule has 0 aliphatic rings. The number of benzene rings is 4. The van der Waals surface area contributed by atoms with Gasteiger partial charge in [-0.1, -0.05) is 0 Å². The van der Waals surface area contributed by atoms with Gasteiger partial charge in [-0.15, -0.1) is 0 Å². The summed E-state index contributed by atoms with van der Waals surface area (Å²) in [5.41, 5.74) is 0. The van der Waals surface area contributed by atoms with E-state index in [0.717, 1.165) is 0 Å². The van der Waals surface area contributed by atoms with Crippen LogP contribution in [0.2, 0.25) is 0 Å². The Morgan fingerprint density at radius 3 is 0.778 bits per heavy atom. The average molecular weight is 455 g/mol. The molecular weight excluding hydrogens is 434 g/mol. The second-order valence-electron chi connectivity index (χ2n) is 6.35. The van der Waals surface area contributed by atoms with E-state index in [1.54, 1.807) is 0 Å². The molecule has 0 heterocycles. The van der Waals surface area contributed by atoms with Gasteiger partial charge in [-0.3, -0.25) is 0 Å². The molecule has 0 radical (unpaired) electrons. The first kappa shape index (κ1) is 19.8. The number of halogens is 2. The Kier molecular flexibility index (Phi) is 5.82. The molecule has 0 saturated carbocycles. The summed E-state index contributed by atoms with van der Waals surface area (Å²) in [6.07, 6.45) is 0. The Labute approximate surface area is 173 Å². The minimum Gasteiger partial charge on any atom is -1.00 e. The fraction of sp³-hybridized carbons (Fsp3) is 0. The van der Waals surface area contributed by atoms with Gasteiger partial charge in [-0.2, -0.15) is 0 Å². The maximum atomic E-state index is 8.08. The second kappa shape index (κ2) is 7.95. The van der Waals surface area contributed by atoms with E-state index in [-0.39, 0.29) is 13.8 Å². The molecule has 27 heavy (non-hydrogen) atoms. The molecule has 0 N–H and O–H groups in total. The summed E-state index contributed by atoms with van der Waals surface area (Å²) in [6.45, 7) is 0. The van der Waals surface area contributed by atoms with E-state index in [9.17, 15) is 0 Å². The van der Waals surface area contributed by atoms with Crippen LogP contribution in [0.25, 0.3) is 0 Å². The summed E-state index contributed by atoms with van der Waals surface area (Å²) in [6, 6.07) is 42.4. The van der Waals surface area contributed by atoms with Gasteiger partial charge in [0.15, 0.2) is 0 Å². The maximum Gasteiger partial charge on any atom is 1.00 e. The quantitative estimate of drug-likeness (QED) is 0.401. The van der Waals surface area contributed by atoms with Crippen molar-refractivity contribution in [2.24, 2.45) is 0 Å². The summed E-state index contributed by atoms with van der Waals surface area (Å²) in [7, 11) is 8.08. The third-order valence-electron chi connectivity index (χ3n) is 4.96. The molecule has 4 aromatic rings. The molecule has 0 spiro atoms. The first-order valence-electron chi connectivity index (χ1n) is 8.71. The van der Waals surface area contributed by atoms with Gasteiger partial charge in [-0.05, 0) is 0 Å². The van der Waals surface area contributed by atoms with E-state index in [4.69, 9.17) is 9.95 Å². The van der Waals surface area contributed by atoms with Gasteiger partial charge in [0.1, 0.15) is 0 Å². The molecule has 0 unspecified atom stereocenters. The topological polar surface area (TPSA) is 0 Å². The molecular formula is C24H21AsCl2. The SMILES string of the molecule is Cl[As](c1ccccc1)(c1ccccc1)(c1ccccc1)c1ccccc1.[Cl-].[H+]. The first-order chi connectivity index (χ1) is 12.7. The van der Waals surface area contributed by atoms with Crippen molar-refractivity contribution in [3.63, 3.8) is 0 Å². The smallest absolute Gasteiger partial charge is 1.00 e. The van der Waals surface area contributed by atoms with Crippen LogP contribution in [-0.2, 0) is 0 Å². The molecule has 3 heteroatoms. The zero-order valence-corrected chi connectivity index (χ0v) is 18.1. The minimum absolute atomic E-state index is 0. The first-order valence-corrected chi connectivity index (χ1v) is 14.9. The van der Waals surface area contributed by atoms with Gasteiger partial charge >= 0.3 is 162 Å². The van der Waals surface area contributed by atoms with Crippen molar-refractivity contribution >= 4 is 38.9 Å². The van der Waals surface area contributed by atoms with E-state index >= 15 is 0 Å². The summed E-state index contributed by atoms with van der Waals surface area (Å²) in [5.74, 6) is 0. The fourth-order valence-corrected chi connectivity index (χ4v) is 16.0. The molecule has 0 nitrogen and oxygen atoms in total. The van der Waals surface area contributed by atoms with Crippen molar-refractivity contribution < 1.29 is 13.8 Å². The number of hydrogen-bond donors (Lipinski definition) is 0. The van der Waals surface area contributed by atoms with E-state index in [1.807, 2.05) is 0 Å². The molecule has 0 aliphatic carbocycles. The van der Waals surface area contributed by atoms with E-state index in [1.165, 1.54) is 17.4 Å². The van der Waals surface area contributed by atoms with Gasteiger partial charge in [0.2, 0.25) is 0 Å². The predicted octanol–water partition coefficient (Wildman–Crippen LogP) is 0.870. The molecule has 0 atom stereocenters. The Morgan fingerprint density at radius 1 is 0.407 bits per heavy atom. The summed E-state index contributed by atoms with van der Waals surface area (Å²) in [4.78, 5) is 0. The maximum absolute atomic E-state index is 8.08. The standard InChI is InChI=1S/C24H20AsCl.ClH/c26-25(21-13-5-1-6-14-21,22-15-7-2-8-16-22,23-17-9-3-10-18-23)24-19-11-4-12-20-24;/h1-20H;1H. The van der Waals surface area contributed by atoms with Crippen LogP contribution in [0.4, 0.5) is 0 Å². The molecule has 0 fully saturated rings. The average Bonchev–Trinajstić information content (AvgIpc) is 2.76. The number of hydrogen-bond acceptors (Lipinski definition) is 0. The Hall–Kier alpha value is -1.98. The molecule has 0 aromatic heterocycles. The molecule has 0 amide bonds. The molecule has 4 aromatic carbocycles. The molecule has 0 saturated heterocycles. The van der Waals surface area contributed by atoms with Crippen LogP contribution in [0.3, 0.4) is 0 Å². The van der Waals surface area contributed by atoms with Crippen LogP contribution in [0.5, 0.6) is 0 Å². The van der Waals surface area contributed by atoms with Crippen molar-refractivity contribution in [3.05, 3.63) is 121 Å². The van der Waals surface area contributed by atoms with Crippen molar-refractivity contribution in [1.82, 2.24) is 0 Å². The molecule has 136 valence electrons. The molecule has 0 aliphatic heterocycles. The van der Waals surface area contributed by atoms with E-state index in [2.05, 4.69) is 121 Å². The minimum atomic E-state index is -4.08. The summed E-state index contributed by atoms with van der Waals surface area (Å²) < 4.78 is 4.82. The summed E-state index contributed by atoms with van der Waals surface area (Å²) in [5, 5.41) is 0. The van der Waals surface area contributed by atoms with E-state index in [0.29, 0.717) is 0 Å². The van der Waals surface area contributed by atoms with E-state index < -0.39 is 11.5 Å². The number of rotatable bonds is 4. The van der Waals surface area contributed by atoms with Crippen LogP contribution in [0, 0.1) is 0 Å². The van der Waals surface area contributed by atoms with Crippen LogP contribution in [0.15, 0.2) is 121 Å². The van der Waals surface area contributed by atoms with Crippen LogP contribution < -0.4 is 29.8 Å². The Morgan fingerprint density at radius 2 is 0.593 bits per heavy atom. The third-order valence-corrected chi connectivity index (χ3v) is 19.7. The van der Waals surface area contributed by atoms with Gasteiger partial charge < -0.3 is 12.4 Å².